The predicted octanol–water partition coefficient (Wildman–Crippen LogP) is 4.40. The molecule has 0 fully saturated rings. The van der Waals surface area contributed by atoms with E-state index in [4.69, 9.17) is 9.47 Å². The van der Waals surface area contributed by atoms with Gasteiger partial charge in [-0.05, 0) is 71.1 Å². The van der Waals surface area contributed by atoms with Crippen LogP contribution in [0, 0.1) is 6.92 Å². The first-order valence-electron chi connectivity index (χ1n) is 12.0. The second-order valence-electron chi connectivity index (χ2n) is 9.12. The molecule has 0 atom stereocenters. The Bertz CT molecular complexity index is 1510. The van der Waals surface area contributed by atoms with Gasteiger partial charge in [0.05, 0.1) is 0 Å². The highest BCUT2D eigenvalue weighted by Gasteiger charge is 2.25. The number of aromatic nitrogens is 1. The molecule has 0 bridgehead atoms. The fraction of sp³-hybridized carbons (Fsp3) is 0.207. The molecule has 0 unspecified atom stereocenters. The third-order valence-electron chi connectivity index (χ3n) is 6.94. The van der Waals surface area contributed by atoms with Crippen molar-refractivity contribution in [3.05, 3.63) is 100 Å². The van der Waals surface area contributed by atoms with Crippen molar-refractivity contribution in [1.29, 1.82) is 0 Å². The molecule has 180 valence electrons. The van der Waals surface area contributed by atoms with Gasteiger partial charge in [-0.1, -0.05) is 30.3 Å². The zero-order chi connectivity index (χ0) is 24.6. The van der Waals surface area contributed by atoms with Gasteiger partial charge >= 0.3 is 0 Å². The predicted molar refractivity (Wildman–Crippen MR) is 135 cm³/mol. The summed E-state index contributed by atoms with van der Waals surface area (Å²) in [6, 6.07) is 19.1. The summed E-state index contributed by atoms with van der Waals surface area (Å²) in [6.45, 7) is 3.60. The summed E-state index contributed by atoms with van der Waals surface area (Å²) in [6.07, 6.45) is 2.57. The van der Waals surface area contributed by atoms with Crippen molar-refractivity contribution in [2.45, 2.75) is 26.4 Å². The van der Waals surface area contributed by atoms with Crippen LogP contribution in [0.2, 0.25) is 0 Å². The van der Waals surface area contributed by atoms with Gasteiger partial charge in [0.1, 0.15) is 0 Å². The van der Waals surface area contributed by atoms with Crippen molar-refractivity contribution in [3.8, 4) is 11.5 Å². The lowest BCUT2D eigenvalue weighted by Gasteiger charge is -2.30. The van der Waals surface area contributed by atoms with E-state index in [-0.39, 0.29) is 18.6 Å². The monoisotopic (exact) mass is 479 g/mol. The minimum Gasteiger partial charge on any atom is -0.454 e. The van der Waals surface area contributed by atoms with Crippen LogP contribution in [0.25, 0.3) is 10.8 Å². The number of pyridine rings is 1. The van der Waals surface area contributed by atoms with Gasteiger partial charge in [0, 0.05) is 42.7 Å². The number of aryl methyl sites for hydroxylation is 1. The summed E-state index contributed by atoms with van der Waals surface area (Å²) in [4.78, 5) is 32.5. The molecule has 2 amide bonds. The van der Waals surface area contributed by atoms with E-state index < -0.39 is 0 Å². The molecule has 6 rings (SSSR count). The summed E-state index contributed by atoms with van der Waals surface area (Å²) in [5, 5.41) is 5.19. The van der Waals surface area contributed by atoms with Crippen LogP contribution in [0.4, 0.5) is 0 Å². The number of carbonyl (C=O) groups is 2. The van der Waals surface area contributed by atoms with Crippen LogP contribution < -0.4 is 14.8 Å². The van der Waals surface area contributed by atoms with Crippen molar-refractivity contribution in [3.63, 3.8) is 0 Å². The second kappa shape index (κ2) is 9.00. The van der Waals surface area contributed by atoms with E-state index in [0.29, 0.717) is 48.7 Å². The van der Waals surface area contributed by atoms with Crippen LogP contribution in [-0.2, 0) is 19.5 Å². The van der Waals surface area contributed by atoms with E-state index >= 15 is 0 Å². The molecule has 0 saturated heterocycles. The van der Waals surface area contributed by atoms with Crippen LogP contribution >= 0.6 is 0 Å². The normalized spacial score (nSPS) is 14.0. The molecule has 0 aliphatic carbocycles. The van der Waals surface area contributed by atoms with Gasteiger partial charge in [-0.25, -0.2) is 0 Å². The van der Waals surface area contributed by atoms with Gasteiger partial charge in [0.15, 0.2) is 11.5 Å². The zero-order valence-corrected chi connectivity index (χ0v) is 19.9. The first kappa shape index (κ1) is 22.1. The van der Waals surface area contributed by atoms with E-state index in [2.05, 4.69) is 10.3 Å². The molecule has 0 saturated carbocycles. The maximum atomic E-state index is 13.3. The van der Waals surface area contributed by atoms with Crippen LogP contribution in [0.5, 0.6) is 11.5 Å². The number of benzene rings is 3. The summed E-state index contributed by atoms with van der Waals surface area (Å²) in [7, 11) is 0. The van der Waals surface area contributed by atoms with Crippen LogP contribution in [0.15, 0.2) is 66.9 Å². The quantitative estimate of drug-likeness (QED) is 0.469. The molecular formula is C29H25N3O4. The lowest BCUT2D eigenvalue weighted by atomic mass is 9.94. The van der Waals surface area contributed by atoms with Crippen molar-refractivity contribution < 1.29 is 19.1 Å². The van der Waals surface area contributed by atoms with Gasteiger partial charge in [0.25, 0.3) is 11.8 Å². The number of rotatable bonds is 4. The van der Waals surface area contributed by atoms with Crippen molar-refractivity contribution >= 4 is 22.6 Å². The molecule has 3 aromatic carbocycles. The fourth-order valence-corrected chi connectivity index (χ4v) is 4.94. The molecule has 3 heterocycles. The van der Waals surface area contributed by atoms with Gasteiger partial charge in [-0.3, -0.25) is 14.6 Å². The average molecular weight is 480 g/mol. The molecule has 0 spiro atoms. The number of carbonyl (C=O) groups excluding carboxylic acids is 2. The highest BCUT2D eigenvalue weighted by molar-refractivity contribution is 5.98. The number of fused-ring (bicyclic) bond motifs is 3. The number of nitrogens with zero attached hydrogens (tertiary/aromatic N) is 2. The number of ether oxygens (including phenoxy) is 2. The Kier molecular flexibility index (Phi) is 5.52. The molecule has 2 aliphatic rings. The fourth-order valence-electron chi connectivity index (χ4n) is 4.94. The lowest BCUT2D eigenvalue weighted by Crippen LogP contribution is -2.37. The first-order chi connectivity index (χ1) is 17.6. The minimum atomic E-state index is -0.186. The van der Waals surface area contributed by atoms with Crippen molar-refractivity contribution in [1.82, 2.24) is 15.2 Å². The number of amides is 2. The summed E-state index contributed by atoms with van der Waals surface area (Å²) in [5.74, 6) is 1.05. The SMILES string of the molecule is Cc1ncc2c(c1CNC(=O)c1ccc3c(c1)OCO3)CCN(C(=O)c1ccc3ccccc3c1)C2. The van der Waals surface area contributed by atoms with Crippen LogP contribution in [0.3, 0.4) is 0 Å². The maximum absolute atomic E-state index is 13.3. The number of nitrogens with one attached hydrogen (secondary N) is 1. The molecule has 2 aliphatic heterocycles. The average Bonchev–Trinajstić information content (AvgIpc) is 3.39. The van der Waals surface area contributed by atoms with Gasteiger partial charge in [0.2, 0.25) is 6.79 Å². The first-order valence-corrected chi connectivity index (χ1v) is 12.0. The van der Waals surface area contributed by atoms with E-state index in [1.54, 1.807) is 18.2 Å². The number of hydrogen-bond donors (Lipinski definition) is 1. The van der Waals surface area contributed by atoms with Crippen LogP contribution in [0.1, 0.15) is 43.1 Å². The Morgan fingerprint density at radius 1 is 0.972 bits per heavy atom. The summed E-state index contributed by atoms with van der Waals surface area (Å²) < 4.78 is 10.7. The molecule has 4 aromatic rings. The second-order valence-corrected chi connectivity index (χ2v) is 9.12. The lowest BCUT2D eigenvalue weighted by molar-refractivity contribution is 0.0734. The van der Waals surface area contributed by atoms with Gasteiger partial charge in [-0.15, -0.1) is 0 Å². The summed E-state index contributed by atoms with van der Waals surface area (Å²) >= 11 is 0. The molecule has 1 N–H and O–H groups in total. The third kappa shape index (κ3) is 4.02. The van der Waals surface area contributed by atoms with E-state index in [1.165, 1.54) is 0 Å². The van der Waals surface area contributed by atoms with E-state index in [1.807, 2.05) is 60.5 Å². The highest BCUT2D eigenvalue weighted by atomic mass is 16.7. The molecule has 36 heavy (non-hydrogen) atoms. The maximum Gasteiger partial charge on any atom is 0.254 e. The topological polar surface area (TPSA) is 80.8 Å². The Morgan fingerprint density at radius 2 is 1.78 bits per heavy atom. The van der Waals surface area contributed by atoms with Gasteiger partial charge in [-0.2, -0.15) is 0 Å². The third-order valence-corrected chi connectivity index (χ3v) is 6.94. The smallest absolute Gasteiger partial charge is 0.254 e. The minimum absolute atomic E-state index is 0.0182. The van der Waals surface area contributed by atoms with Crippen LogP contribution in [-0.4, -0.2) is 35.0 Å². The highest BCUT2D eigenvalue weighted by Crippen LogP contribution is 2.32. The molecule has 0 radical (unpaired) electrons. The van der Waals surface area contributed by atoms with E-state index in [0.717, 1.165) is 33.2 Å². The number of hydrogen-bond acceptors (Lipinski definition) is 5. The van der Waals surface area contributed by atoms with E-state index in [9.17, 15) is 9.59 Å². The Balaban J connectivity index is 1.18. The molecule has 7 heteroatoms. The Labute approximate surface area is 208 Å². The van der Waals surface area contributed by atoms with Crippen molar-refractivity contribution in [2.75, 3.05) is 13.3 Å². The molecular weight excluding hydrogens is 454 g/mol. The Morgan fingerprint density at radius 3 is 2.67 bits per heavy atom. The Hall–Kier alpha value is -4.39. The van der Waals surface area contributed by atoms with Crippen molar-refractivity contribution in [2.24, 2.45) is 0 Å². The zero-order valence-electron chi connectivity index (χ0n) is 19.9. The molecule has 1 aromatic heterocycles. The standard InChI is InChI=1S/C29H25N3O4/c1-18-25(15-31-28(33)21-8-9-26-27(13-21)36-17-35-26)24-10-11-32(16-23(24)14-30-18)29(34)22-7-6-19-4-2-3-5-20(19)12-22/h2-9,12-14H,10-11,15-17H2,1H3,(H,31,33). The van der Waals surface area contributed by atoms with Gasteiger partial charge < -0.3 is 19.7 Å². The molecule has 7 nitrogen and oxygen atoms in total. The summed E-state index contributed by atoms with van der Waals surface area (Å²) in [5.41, 5.74) is 5.29. The largest absolute Gasteiger partial charge is 0.454 e.